The highest BCUT2D eigenvalue weighted by Crippen LogP contribution is 2.13. The number of nitrogens with zero attached hydrogens (tertiary/aromatic N) is 1. The van der Waals surface area contributed by atoms with Crippen LogP contribution >= 0.6 is 0 Å². The summed E-state index contributed by atoms with van der Waals surface area (Å²) in [5, 5.41) is 6.36. The van der Waals surface area contributed by atoms with Crippen LogP contribution in [0.1, 0.15) is 23.6 Å². The van der Waals surface area contributed by atoms with Crippen LogP contribution in [0.15, 0.2) is 84.0 Å². The number of ether oxygens (including phenoxy) is 1. The molecule has 0 bridgehead atoms. The van der Waals surface area contributed by atoms with Gasteiger partial charge in [0.05, 0.1) is 6.21 Å². The van der Waals surface area contributed by atoms with Crippen molar-refractivity contribution in [3.63, 3.8) is 0 Å². The predicted molar refractivity (Wildman–Crippen MR) is 117 cm³/mol. The first kappa shape index (κ1) is 20.8. The van der Waals surface area contributed by atoms with Crippen LogP contribution in [0.25, 0.3) is 0 Å². The van der Waals surface area contributed by atoms with Crippen LogP contribution in [0.5, 0.6) is 5.75 Å². The minimum absolute atomic E-state index is 0.487. The minimum Gasteiger partial charge on any atom is -0.489 e. The first-order valence-corrected chi connectivity index (χ1v) is 9.64. The molecule has 152 valence electrons. The van der Waals surface area contributed by atoms with Gasteiger partial charge in [-0.1, -0.05) is 49.4 Å². The summed E-state index contributed by atoms with van der Waals surface area (Å²) < 4.78 is 5.73. The number of hydrogen-bond donors (Lipinski definition) is 2. The fourth-order valence-electron chi connectivity index (χ4n) is 2.62. The topological polar surface area (TPSA) is 79.8 Å². The second-order valence-corrected chi connectivity index (χ2v) is 6.55. The molecule has 0 aliphatic heterocycles. The van der Waals surface area contributed by atoms with E-state index in [0.717, 1.165) is 28.9 Å². The number of rotatable bonds is 7. The van der Waals surface area contributed by atoms with Gasteiger partial charge in [0, 0.05) is 5.69 Å². The van der Waals surface area contributed by atoms with Gasteiger partial charge in [-0.15, -0.1) is 0 Å². The molecule has 2 amide bonds. The lowest BCUT2D eigenvalue weighted by Gasteiger charge is -2.06. The summed E-state index contributed by atoms with van der Waals surface area (Å²) in [7, 11) is 0. The van der Waals surface area contributed by atoms with Gasteiger partial charge in [-0.05, 0) is 59.5 Å². The standard InChI is InChI=1S/C24H23N3O3/c1-2-18-8-12-21(13-9-18)26-23(28)24(29)27-25-16-19-10-14-22(15-11-19)30-17-20-6-4-3-5-7-20/h3-16H,2,17H2,1H3,(H,26,28)(H,27,29). The molecule has 0 aromatic heterocycles. The molecule has 6 heteroatoms. The van der Waals surface area contributed by atoms with Gasteiger partial charge in [0.15, 0.2) is 0 Å². The lowest BCUT2D eigenvalue weighted by atomic mass is 10.1. The lowest BCUT2D eigenvalue weighted by molar-refractivity contribution is -0.136. The number of carbonyl (C=O) groups is 2. The number of aryl methyl sites for hydroxylation is 1. The Kier molecular flexibility index (Phi) is 7.33. The van der Waals surface area contributed by atoms with Gasteiger partial charge < -0.3 is 10.1 Å². The van der Waals surface area contributed by atoms with Gasteiger partial charge in [0.1, 0.15) is 12.4 Å². The van der Waals surface area contributed by atoms with Crippen LogP contribution < -0.4 is 15.5 Å². The molecule has 3 rings (SSSR count). The van der Waals surface area contributed by atoms with Gasteiger partial charge in [0.25, 0.3) is 0 Å². The maximum Gasteiger partial charge on any atom is 0.329 e. The number of nitrogens with one attached hydrogen (secondary N) is 2. The van der Waals surface area contributed by atoms with Crippen molar-refractivity contribution in [2.24, 2.45) is 5.10 Å². The zero-order valence-corrected chi connectivity index (χ0v) is 16.7. The molecule has 30 heavy (non-hydrogen) atoms. The van der Waals surface area contributed by atoms with Crippen LogP contribution in [-0.2, 0) is 22.6 Å². The number of amides is 2. The Balaban J connectivity index is 1.45. The van der Waals surface area contributed by atoms with Gasteiger partial charge in [0.2, 0.25) is 0 Å². The fraction of sp³-hybridized carbons (Fsp3) is 0.125. The van der Waals surface area contributed by atoms with Gasteiger partial charge in [-0.25, -0.2) is 5.43 Å². The highest BCUT2D eigenvalue weighted by molar-refractivity contribution is 6.39. The Bertz CT molecular complexity index is 998. The van der Waals surface area contributed by atoms with Crippen LogP contribution in [0.4, 0.5) is 5.69 Å². The molecule has 0 fully saturated rings. The van der Waals surface area contributed by atoms with Gasteiger partial charge in [-0.2, -0.15) is 5.10 Å². The maximum atomic E-state index is 11.9. The van der Waals surface area contributed by atoms with Crippen molar-refractivity contribution in [1.82, 2.24) is 5.43 Å². The molecule has 3 aromatic carbocycles. The molecule has 0 aliphatic carbocycles. The third-order valence-electron chi connectivity index (χ3n) is 4.33. The average molecular weight is 401 g/mol. The number of hydrogen-bond acceptors (Lipinski definition) is 4. The molecule has 0 unspecified atom stereocenters. The zero-order chi connectivity index (χ0) is 21.2. The summed E-state index contributed by atoms with van der Waals surface area (Å²) in [5.74, 6) is -0.886. The van der Waals surface area contributed by atoms with Crippen LogP contribution in [-0.4, -0.2) is 18.0 Å². The highest BCUT2D eigenvalue weighted by Gasteiger charge is 2.12. The molecule has 0 radical (unpaired) electrons. The van der Waals surface area contributed by atoms with E-state index in [9.17, 15) is 9.59 Å². The van der Waals surface area contributed by atoms with Crippen molar-refractivity contribution >= 4 is 23.7 Å². The first-order chi connectivity index (χ1) is 14.6. The monoisotopic (exact) mass is 401 g/mol. The van der Waals surface area contributed by atoms with Crippen molar-refractivity contribution in [2.45, 2.75) is 20.0 Å². The van der Waals surface area contributed by atoms with E-state index in [0.29, 0.717) is 12.3 Å². The molecule has 0 saturated carbocycles. The van der Waals surface area contributed by atoms with E-state index in [1.807, 2.05) is 73.7 Å². The number of carbonyl (C=O) groups excluding carboxylic acids is 2. The Morgan fingerprint density at radius 1 is 0.867 bits per heavy atom. The van der Waals surface area contributed by atoms with Crippen molar-refractivity contribution < 1.29 is 14.3 Å². The van der Waals surface area contributed by atoms with E-state index in [4.69, 9.17) is 4.74 Å². The van der Waals surface area contributed by atoms with E-state index < -0.39 is 11.8 Å². The molecule has 2 N–H and O–H groups in total. The van der Waals surface area contributed by atoms with Gasteiger partial charge in [-0.3, -0.25) is 9.59 Å². The second-order valence-electron chi connectivity index (χ2n) is 6.55. The number of hydrazone groups is 1. The van der Waals surface area contributed by atoms with E-state index >= 15 is 0 Å². The SMILES string of the molecule is CCc1ccc(NC(=O)C(=O)NN=Cc2ccc(OCc3ccccc3)cc2)cc1. The van der Waals surface area contributed by atoms with Crippen molar-refractivity contribution in [1.29, 1.82) is 0 Å². The first-order valence-electron chi connectivity index (χ1n) is 9.64. The van der Waals surface area contributed by atoms with Crippen LogP contribution in [0.3, 0.4) is 0 Å². The maximum absolute atomic E-state index is 11.9. The average Bonchev–Trinajstić information content (AvgIpc) is 2.79. The van der Waals surface area contributed by atoms with E-state index in [1.165, 1.54) is 6.21 Å². The fourth-order valence-corrected chi connectivity index (χ4v) is 2.62. The minimum atomic E-state index is -0.839. The third-order valence-corrected chi connectivity index (χ3v) is 4.33. The van der Waals surface area contributed by atoms with Gasteiger partial charge >= 0.3 is 11.8 Å². The summed E-state index contributed by atoms with van der Waals surface area (Å²) in [5.41, 5.74) is 5.78. The summed E-state index contributed by atoms with van der Waals surface area (Å²) in [4.78, 5) is 23.8. The van der Waals surface area contributed by atoms with Crippen LogP contribution in [0.2, 0.25) is 0 Å². The molecular weight excluding hydrogens is 378 g/mol. The molecule has 6 nitrogen and oxygen atoms in total. The Morgan fingerprint density at radius 2 is 1.57 bits per heavy atom. The summed E-state index contributed by atoms with van der Waals surface area (Å²) in [6.45, 7) is 2.53. The smallest absolute Gasteiger partial charge is 0.329 e. The van der Waals surface area contributed by atoms with Crippen molar-refractivity contribution in [3.8, 4) is 5.75 Å². The summed E-state index contributed by atoms with van der Waals surface area (Å²) in [6.07, 6.45) is 2.37. The zero-order valence-electron chi connectivity index (χ0n) is 16.7. The number of anilines is 1. The molecule has 3 aromatic rings. The quantitative estimate of drug-likeness (QED) is 0.358. The third kappa shape index (κ3) is 6.31. The normalized spacial score (nSPS) is 10.6. The van der Waals surface area contributed by atoms with E-state index in [1.54, 1.807) is 12.1 Å². The second kappa shape index (κ2) is 10.6. The summed E-state index contributed by atoms with van der Waals surface area (Å²) >= 11 is 0. The molecule has 0 heterocycles. The van der Waals surface area contributed by atoms with Crippen molar-refractivity contribution in [3.05, 3.63) is 95.6 Å². The highest BCUT2D eigenvalue weighted by atomic mass is 16.5. The molecule has 0 aliphatic rings. The van der Waals surface area contributed by atoms with Crippen LogP contribution in [0, 0.1) is 0 Å². The lowest BCUT2D eigenvalue weighted by Crippen LogP contribution is -2.32. The molecular formula is C24H23N3O3. The predicted octanol–water partition coefficient (Wildman–Crippen LogP) is 3.92. The molecule has 0 saturated heterocycles. The Hall–Kier alpha value is -3.93. The summed E-state index contributed by atoms with van der Waals surface area (Å²) in [6, 6.07) is 24.5. The largest absolute Gasteiger partial charge is 0.489 e. The Morgan fingerprint density at radius 3 is 2.23 bits per heavy atom. The van der Waals surface area contributed by atoms with Crippen molar-refractivity contribution in [2.75, 3.05) is 5.32 Å². The van der Waals surface area contributed by atoms with E-state index in [-0.39, 0.29) is 0 Å². The number of benzene rings is 3. The Labute approximate surface area is 175 Å². The molecule has 0 spiro atoms. The van der Waals surface area contributed by atoms with E-state index in [2.05, 4.69) is 15.8 Å². The molecule has 0 atom stereocenters.